The van der Waals surface area contributed by atoms with Crippen LogP contribution in [0.3, 0.4) is 0 Å². The zero-order chi connectivity index (χ0) is 19.1. The Balaban J connectivity index is 1.57. The van der Waals surface area contributed by atoms with E-state index in [1.807, 2.05) is 48.5 Å². The zero-order valence-electron chi connectivity index (χ0n) is 15.5. The molecule has 0 aromatic heterocycles. The molecule has 0 spiro atoms. The predicted molar refractivity (Wildman–Crippen MR) is 105 cm³/mol. The highest BCUT2D eigenvalue weighted by atomic mass is 16.5. The summed E-state index contributed by atoms with van der Waals surface area (Å²) in [5, 5.41) is 2.83. The van der Waals surface area contributed by atoms with Crippen molar-refractivity contribution in [3.05, 3.63) is 66.2 Å². The number of benzene rings is 2. The number of rotatable bonds is 5. The molecule has 0 aliphatic carbocycles. The van der Waals surface area contributed by atoms with Crippen molar-refractivity contribution in [3.63, 3.8) is 0 Å². The first-order chi connectivity index (χ1) is 13.2. The van der Waals surface area contributed by atoms with Gasteiger partial charge >= 0.3 is 12.0 Å². The van der Waals surface area contributed by atoms with Gasteiger partial charge in [0.05, 0.1) is 7.11 Å². The smallest absolute Gasteiger partial charge is 0.328 e. The van der Waals surface area contributed by atoms with Crippen molar-refractivity contribution in [1.82, 2.24) is 10.2 Å². The first kappa shape index (κ1) is 18.8. The maximum Gasteiger partial charge on any atom is 0.328 e. The zero-order valence-corrected chi connectivity index (χ0v) is 15.5. The van der Waals surface area contributed by atoms with E-state index < -0.39 is 12.0 Å². The topological polar surface area (TPSA) is 61.9 Å². The molecule has 2 aromatic carbocycles. The van der Waals surface area contributed by atoms with Crippen LogP contribution in [-0.2, 0) is 16.0 Å². The second-order valence-electron chi connectivity index (χ2n) is 6.52. The number of para-hydroxylation sites is 1. The molecule has 1 saturated heterocycles. The number of amides is 2. The second kappa shape index (κ2) is 9.07. The molecule has 1 atom stereocenters. The van der Waals surface area contributed by atoms with Gasteiger partial charge in [-0.2, -0.15) is 0 Å². The Morgan fingerprint density at radius 1 is 0.963 bits per heavy atom. The van der Waals surface area contributed by atoms with E-state index in [1.165, 1.54) is 7.11 Å². The number of urea groups is 1. The average Bonchev–Trinajstić information content (AvgIpc) is 2.74. The number of anilines is 1. The van der Waals surface area contributed by atoms with Gasteiger partial charge in [-0.25, -0.2) is 9.59 Å². The summed E-state index contributed by atoms with van der Waals surface area (Å²) in [5.74, 6) is -0.435. The Morgan fingerprint density at radius 3 is 2.15 bits per heavy atom. The van der Waals surface area contributed by atoms with Gasteiger partial charge in [0, 0.05) is 38.3 Å². The van der Waals surface area contributed by atoms with Crippen molar-refractivity contribution in [2.45, 2.75) is 12.5 Å². The SMILES string of the molecule is COC(=O)[C@H](Cc1ccccc1)NC(=O)N1CCN(c2ccccc2)CC1. The molecule has 0 saturated carbocycles. The van der Waals surface area contributed by atoms with Crippen molar-refractivity contribution in [3.8, 4) is 0 Å². The van der Waals surface area contributed by atoms with Gasteiger partial charge in [0.2, 0.25) is 0 Å². The Hall–Kier alpha value is -3.02. The molecule has 3 rings (SSSR count). The van der Waals surface area contributed by atoms with Gasteiger partial charge < -0.3 is 19.9 Å². The first-order valence-corrected chi connectivity index (χ1v) is 9.14. The Labute approximate surface area is 159 Å². The highest BCUT2D eigenvalue weighted by molar-refractivity contribution is 5.84. The molecule has 1 N–H and O–H groups in total. The number of nitrogens with zero attached hydrogens (tertiary/aromatic N) is 2. The largest absolute Gasteiger partial charge is 0.467 e. The molecule has 1 heterocycles. The van der Waals surface area contributed by atoms with E-state index in [9.17, 15) is 9.59 Å². The lowest BCUT2D eigenvalue weighted by Crippen LogP contribution is -2.55. The summed E-state index contributed by atoms with van der Waals surface area (Å²) < 4.78 is 4.87. The molecule has 0 radical (unpaired) electrons. The summed E-state index contributed by atoms with van der Waals surface area (Å²) in [4.78, 5) is 28.8. The molecule has 2 aromatic rings. The van der Waals surface area contributed by atoms with Crippen molar-refractivity contribution in [2.24, 2.45) is 0 Å². The third-order valence-corrected chi connectivity index (χ3v) is 4.75. The van der Waals surface area contributed by atoms with Gasteiger partial charge in [0.25, 0.3) is 0 Å². The third kappa shape index (κ3) is 5.00. The number of nitrogens with one attached hydrogen (secondary N) is 1. The molecule has 6 heteroatoms. The van der Waals surface area contributed by atoms with E-state index in [4.69, 9.17) is 4.74 Å². The number of piperazine rings is 1. The number of carbonyl (C=O) groups is 2. The quantitative estimate of drug-likeness (QED) is 0.824. The summed E-state index contributed by atoms with van der Waals surface area (Å²) in [7, 11) is 1.34. The third-order valence-electron chi connectivity index (χ3n) is 4.75. The number of carbonyl (C=O) groups excluding carboxylic acids is 2. The summed E-state index contributed by atoms with van der Waals surface area (Å²) in [6.45, 7) is 2.75. The van der Waals surface area contributed by atoms with E-state index in [0.29, 0.717) is 19.5 Å². The van der Waals surface area contributed by atoms with E-state index >= 15 is 0 Å². The monoisotopic (exact) mass is 367 g/mol. The molecule has 0 bridgehead atoms. The van der Waals surface area contributed by atoms with Gasteiger partial charge in [0.15, 0.2) is 0 Å². The normalized spacial score (nSPS) is 15.1. The summed E-state index contributed by atoms with van der Waals surface area (Å²) >= 11 is 0. The van der Waals surface area contributed by atoms with Crippen LogP contribution in [0.2, 0.25) is 0 Å². The minimum Gasteiger partial charge on any atom is -0.467 e. The van der Waals surface area contributed by atoms with Crippen LogP contribution in [0.4, 0.5) is 10.5 Å². The van der Waals surface area contributed by atoms with Crippen molar-refractivity contribution in [1.29, 1.82) is 0 Å². The Morgan fingerprint density at radius 2 is 1.56 bits per heavy atom. The molecular weight excluding hydrogens is 342 g/mol. The summed E-state index contributed by atoms with van der Waals surface area (Å²) in [6.07, 6.45) is 0.406. The van der Waals surface area contributed by atoms with Crippen molar-refractivity contribution >= 4 is 17.7 Å². The van der Waals surface area contributed by atoms with Gasteiger partial charge in [-0.05, 0) is 17.7 Å². The number of methoxy groups -OCH3 is 1. The molecule has 142 valence electrons. The van der Waals surface area contributed by atoms with Crippen LogP contribution < -0.4 is 10.2 Å². The van der Waals surface area contributed by atoms with Gasteiger partial charge in [-0.15, -0.1) is 0 Å². The molecule has 1 fully saturated rings. The highest BCUT2D eigenvalue weighted by Crippen LogP contribution is 2.15. The molecule has 6 nitrogen and oxygen atoms in total. The maximum atomic E-state index is 12.7. The van der Waals surface area contributed by atoms with Crippen LogP contribution in [-0.4, -0.2) is 56.2 Å². The van der Waals surface area contributed by atoms with Crippen molar-refractivity contribution < 1.29 is 14.3 Å². The highest BCUT2D eigenvalue weighted by Gasteiger charge is 2.27. The first-order valence-electron chi connectivity index (χ1n) is 9.14. The summed E-state index contributed by atoms with van der Waals surface area (Å²) in [6, 6.07) is 18.8. The van der Waals surface area contributed by atoms with Crippen LogP contribution in [0.15, 0.2) is 60.7 Å². The van der Waals surface area contributed by atoms with Crippen LogP contribution in [0.5, 0.6) is 0 Å². The van der Waals surface area contributed by atoms with Crippen LogP contribution in [0.25, 0.3) is 0 Å². The molecule has 1 aliphatic heterocycles. The van der Waals surface area contributed by atoms with Crippen LogP contribution in [0, 0.1) is 0 Å². The maximum absolute atomic E-state index is 12.7. The number of esters is 1. The molecule has 27 heavy (non-hydrogen) atoms. The van der Waals surface area contributed by atoms with E-state index in [-0.39, 0.29) is 6.03 Å². The Kier molecular flexibility index (Phi) is 6.30. The van der Waals surface area contributed by atoms with E-state index in [2.05, 4.69) is 22.3 Å². The number of hydrogen-bond acceptors (Lipinski definition) is 4. The fraction of sp³-hybridized carbons (Fsp3) is 0.333. The van der Waals surface area contributed by atoms with Crippen LogP contribution >= 0.6 is 0 Å². The standard InChI is InChI=1S/C21H25N3O3/c1-27-20(25)19(16-17-8-4-2-5-9-17)22-21(26)24-14-12-23(13-15-24)18-10-6-3-7-11-18/h2-11,19H,12-16H2,1H3,(H,22,26)/t19-/m0/s1. The average molecular weight is 367 g/mol. The lowest BCUT2D eigenvalue weighted by Gasteiger charge is -2.36. The molecular formula is C21H25N3O3. The summed E-state index contributed by atoms with van der Waals surface area (Å²) in [5.41, 5.74) is 2.14. The van der Waals surface area contributed by atoms with Crippen LogP contribution in [0.1, 0.15) is 5.56 Å². The fourth-order valence-electron chi connectivity index (χ4n) is 3.23. The fourth-order valence-corrected chi connectivity index (χ4v) is 3.23. The lowest BCUT2D eigenvalue weighted by atomic mass is 10.1. The molecule has 1 aliphatic rings. The van der Waals surface area contributed by atoms with Gasteiger partial charge in [-0.1, -0.05) is 48.5 Å². The van der Waals surface area contributed by atoms with Crippen molar-refractivity contribution in [2.75, 3.05) is 38.2 Å². The minimum absolute atomic E-state index is 0.228. The molecule has 0 unspecified atom stereocenters. The van der Waals surface area contributed by atoms with E-state index in [1.54, 1.807) is 4.90 Å². The lowest BCUT2D eigenvalue weighted by molar-refractivity contribution is -0.142. The number of hydrogen-bond donors (Lipinski definition) is 1. The van der Waals surface area contributed by atoms with Gasteiger partial charge in [0.1, 0.15) is 6.04 Å². The number of ether oxygens (including phenoxy) is 1. The Bertz CT molecular complexity index is 744. The van der Waals surface area contributed by atoms with Gasteiger partial charge in [-0.3, -0.25) is 0 Å². The molecule has 2 amide bonds. The second-order valence-corrected chi connectivity index (χ2v) is 6.52. The minimum atomic E-state index is -0.697. The predicted octanol–water partition coefficient (Wildman–Crippen LogP) is 2.30. The van der Waals surface area contributed by atoms with E-state index in [0.717, 1.165) is 24.3 Å².